The summed E-state index contributed by atoms with van der Waals surface area (Å²) in [5, 5.41) is 13.1. The van der Waals surface area contributed by atoms with Crippen LogP contribution in [0.1, 0.15) is 102 Å². The molecule has 3 rings (SSSR count). The Morgan fingerprint density at radius 3 is 1.88 bits per heavy atom. The smallest absolute Gasteiger partial charge is 0.243 e. The largest absolute Gasteiger partial charge is 0.394 e. The van der Waals surface area contributed by atoms with Crippen LogP contribution in [-0.2, 0) is 11.2 Å². The molecule has 0 spiro atoms. The number of hydrogen-bond acceptors (Lipinski definition) is 3. The van der Waals surface area contributed by atoms with E-state index in [1.54, 1.807) is 0 Å². The van der Waals surface area contributed by atoms with Crippen LogP contribution in [0, 0.1) is 5.92 Å². The number of carbonyl (C=O) groups is 1. The molecule has 4 heteroatoms. The monoisotopic (exact) mass is 442 g/mol. The minimum absolute atomic E-state index is 0.0127. The van der Waals surface area contributed by atoms with Crippen LogP contribution in [0.5, 0.6) is 0 Å². The third-order valence-electron chi connectivity index (χ3n) is 7.69. The van der Waals surface area contributed by atoms with Crippen molar-refractivity contribution in [3.05, 3.63) is 29.8 Å². The fraction of sp³-hybridized carbons (Fsp3) is 0.750. The van der Waals surface area contributed by atoms with Crippen LogP contribution in [0.25, 0.3) is 0 Å². The number of likely N-dealkylation sites (N-methyl/N-ethyl adjacent to an activating group) is 1. The van der Waals surface area contributed by atoms with Crippen LogP contribution in [0.3, 0.4) is 0 Å². The van der Waals surface area contributed by atoms with Crippen molar-refractivity contribution >= 4 is 11.6 Å². The number of amides is 1. The van der Waals surface area contributed by atoms with Crippen molar-refractivity contribution in [3.8, 4) is 0 Å². The summed E-state index contributed by atoms with van der Waals surface area (Å²) in [5.74, 6) is 0.457. The van der Waals surface area contributed by atoms with Gasteiger partial charge in [-0.25, -0.2) is 0 Å². The molecular weight excluding hydrogens is 396 g/mol. The second kappa shape index (κ2) is 13.9. The van der Waals surface area contributed by atoms with E-state index < -0.39 is 0 Å². The number of rotatable bonds is 2. The molecule has 1 aliphatic carbocycles. The molecule has 0 radical (unpaired) electrons. The molecule has 1 aromatic rings. The number of nitrogens with zero attached hydrogens (tertiary/aromatic N) is 1. The Labute approximate surface area is 196 Å². The van der Waals surface area contributed by atoms with Gasteiger partial charge in [-0.1, -0.05) is 102 Å². The molecule has 32 heavy (non-hydrogen) atoms. The Hall–Kier alpha value is -1.55. The molecule has 0 unspecified atom stereocenters. The van der Waals surface area contributed by atoms with E-state index >= 15 is 0 Å². The lowest BCUT2D eigenvalue weighted by Crippen LogP contribution is -2.55. The Morgan fingerprint density at radius 1 is 0.844 bits per heavy atom. The maximum atomic E-state index is 13.5. The maximum Gasteiger partial charge on any atom is 0.243 e. The molecule has 0 saturated heterocycles. The molecule has 1 amide bonds. The van der Waals surface area contributed by atoms with E-state index in [0.29, 0.717) is 12.3 Å². The predicted octanol–water partition coefficient (Wildman–Crippen LogP) is 6.01. The molecule has 1 saturated carbocycles. The molecule has 2 aliphatic rings. The normalized spacial score (nSPS) is 25.9. The molecule has 1 aliphatic heterocycles. The SMILES string of the molecule is CN1c2ccccc2C[C@@H](CO)NC(=O)[C@@H]1C1CCCCCCCCCCCCCCC1. The number of anilines is 1. The minimum Gasteiger partial charge on any atom is -0.394 e. The third-order valence-corrected chi connectivity index (χ3v) is 7.69. The second-order valence-corrected chi connectivity index (χ2v) is 10.2. The topological polar surface area (TPSA) is 52.6 Å². The van der Waals surface area contributed by atoms with Crippen molar-refractivity contribution in [1.82, 2.24) is 5.32 Å². The molecule has 4 nitrogen and oxygen atoms in total. The summed E-state index contributed by atoms with van der Waals surface area (Å²) in [6.07, 6.45) is 20.3. The van der Waals surface area contributed by atoms with Gasteiger partial charge in [0.25, 0.3) is 0 Å². The minimum atomic E-state index is -0.203. The quantitative estimate of drug-likeness (QED) is 0.590. The van der Waals surface area contributed by atoms with E-state index in [9.17, 15) is 9.90 Å². The average Bonchev–Trinajstić information content (AvgIpc) is 2.79. The third kappa shape index (κ3) is 7.50. The number of nitrogens with one attached hydrogen (secondary N) is 1. The summed E-state index contributed by atoms with van der Waals surface area (Å²) in [5.41, 5.74) is 2.37. The van der Waals surface area contributed by atoms with Gasteiger partial charge in [-0.2, -0.15) is 0 Å². The number of aliphatic hydroxyl groups is 1. The highest BCUT2D eigenvalue weighted by Gasteiger charge is 2.35. The summed E-state index contributed by atoms with van der Waals surface area (Å²) in [6.45, 7) is -0.0127. The summed E-state index contributed by atoms with van der Waals surface area (Å²) in [4.78, 5) is 15.7. The zero-order chi connectivity index (χ0) is 22.6. The molecule has 1 fully saturated rings. The van der Waals surface area contributed by atoms with Crippen molar-refractivity contribution in [1.29, 1.82) is 0 Å². The Kier molecular flexibility index (Phi) is 10.9. The number of carbonyl (C=O) groups excluding carboxylic acids is 1. The average molecular weight is 443 g/mol. The van der Waals surface area contributed by atoms with E-state index in [0.717, 1.165) is 18.5 Å². The van der Waals surface area contributed by atoms with E-state index in [-0.39, 0.29) is 24.6 Å². The first-order chi connectivity index (χ1) is 15.7. The van der Waals surface area contributed by atoms with Crippen LogP contribution in [0.15, 0.2) is 24.3 Å². The fourth-order valence-electron chi connectivity index (χ4n) is 5.81. The van der Waals surface area contributed by atoms with Crippen molar-refractivity contribution in [3.63, 3.8) is 0 Å². The van der Waals surface area contributed by atoms with Gasteiger partial charge in [-0.15, -0.1) is 0 Å². The summed E-state index contributed by atoms with van der Waals surface area (Å²) >= 11 is 0. The first-order valence-corrected chi connectivity index (χ1v) is 13.4. The molecule has 0 aromatic heterocycles. The molecule has 2 N–H and O–H groups in total. The molecular formula is C28H46N2O2. The number of aliphatic hydroxyl groups excluding tert-OH is 1. The summed E-state index contributed by atoms with van der Waals surface area (Å²) < 4.78 is 0. The first kappa shape index (κ1) is 25.1. The standard InChI is InChI=1S/C28H46N2O2/c1-30-26-20-16-15-19-24(26)21-25(22-31)29-28(32)27(30)23-17-13-11-9-7-5-3-2-4-6-8-10-12-14-18-23/h15-16,19-20,23,25,27,31H,2-14,17-18,21-22H2,1H3,(H,29,32)/t25-,27-/m0/s1. The zero-order valence-corrected chi connectivity index (χ0v) is 20.4. The second-order valence-electron chi connectivity index (χ2n) is 10.2. The van der Waals surface area contributed by atoms with Gasteiger partial charge < -0.3 is 15.3 Å². The Morgan fingerprint density at radius 2 is 1.34 bits per heavy atom. The lowest BCUT2D eigenvalue weighted by molar-refractivity contribution is -0.124. The van der Waals surface area contributed by atoms with Crippen molar-refractivity contribution < 1.29 is 9.90 Å². The molecule has 1 aromatic carbocycles. The maximum absolute atomic E-state index is 13.5. The predicted molar refractivity (Wildman–Crippen MR) is 134 cm³/mol. The Balaban J connectivity index is 1.75. The van der Waals surface area contributed by atoms with E-state index in [1.807, 2.05) is 0 Å². The number of hydrogen-bond donors (Lipinski definition) is 2. The van der Waals surface area contributed by atoms with Gasteiger partial charge in [0.15, 0.2) is 0 Å². The van der Waals surface area contributed by atoms with E-state index in [2.05, 4.69) is 41.5 Å². The molecule has 2 atom stereocenters. The highest BCUT2D eigenvalue weighted by molar-refractivity contribution is 5.86. The number of para-hydroxylation sites is 1. The van der Waals surface area contributed by atoms with Gasteiger partial charge >= 0.3 is 0 Å². The van der Waals surface area contributed by atoms with Crippen LogP contribution >= 0.6 is 0 Å². The van der Waals surface area contributed by atoms with Gasteiger partial charge in [-0.05, 0) is 36.8 Å². The van der Waals surface area contributed by atoms with Crippen LogP contribution < -0.4 is 10.2 Å². The zero-order valence-electron chi connectivity index (χ0n) is 20.4. The first-order valence-electron chi connectivity index (χ1n) is 13.4. The van der Waals surface area contributed by atoms with Crippen LogP contribution in [0.4, 0.5) is 5.69 Å². The summed E-state index contributed by atoms with van der Waals surface area (Å²) in [7, 11) is 2.10. The van der Waals surface area contributed by atoms with Crippen molar-refractivity contribution in [2.24, 2.45) is 5.92 Å². The molecule has 0 bridgehead atoms. The van der Waals surface area contributed by atoms with E-state index in [4.69, 9.17) is 0 Å². The lowest BCUT2D eigenvalue weighted by atomic mass is 9.85. The van der Waals surface area contributed by atoms with Crippen molar-refractivity contribution in [2.75, 3.05) is 18.6 Å². The number of fused-ring (bicyclic) bond motifs is 1. The van der Waals surface area contributed by atoms with Crippen molar-refractivity contribution in [2.45, 2.75) is 115 Å². The highest BCUT2D eigenvalue weighted by atomic mass is 16.3. The lowest BCUT2D eigenvalue weighted by Gasteiger charge is -2.39. The van der Waals surface area contributed by atoms with E-state index in [1.165, 1.54) is 89.0 Å². The molecule has 1 heterocycles. The van der Waals surface area contributed by atoms with Gasteiger partial charge in [0, 0.05) is 12.7 Å². The molecule has 180 valence electrons. The van der Waals surface area contributed by atoms with Gasteiger partial charge in [0.05, 0.1) is 12.6 Å². The van der Waals surface area contributed by atoms with Gasteiger partial charge in [0.2, 0.25) is 5.91 Å². The highest BCUT2D eigenvalue weighted by Crippen LogP contribution is 2.32. The van der Waals surface area contributed by atoms with Gasteiger partial charge in [-0.3, -0.25) is 4.79 Å². The summed E-state index contributed by atoms with van der Waals surface area (Å²) in [6, 6.07) is 8.05. The van der Waals surface area contributed by atoms with Crippen LogP contribution in [0.2, 0.25) is 0 Å². The Bertz CT molecular complexity index is 661. The fourth-order valence-corrected chi connectivity index (χ4v) is 5.81. The number of benzene rings is 1. The van der Waals surface area contributed by atoms with Crippen LogP contribution in [-0.4, -0.2) is 36.8 Å². The van der Waals surface area contributed by atoms with Gasteiger partial charge in [0.1, 0.15) is 6.04 Å².